The van der Waals surface area contributed by atoms with Gasteiger partial charge in [0, 0.05) is 12.5 Å². The van der Waals surface area contributed by atoms with Crippen LogP contribution in [-0.2, 0) is 16.8 Å². The molecule has 16 heavy (non-hydrogen) atoms. The molecule has 2 nitrogen and oxygen atoms in total. The predicted octanol–water partition coefficient (Wildman–Crippen LogP) is 2.18. The van der Waals surface area contributed by atoms with Crippen molar-refractivity contribution in [1.82, 2.24) is 5.32 Å². The summed E-state index contributed by atoms with van der Waals surface area (Å²) >= 11 is 0. The van der Waals surface area contributed by atoms with Crippen LogP contribution in [0.5, 0.6) is 0 Å². The van der Waals surface area contributed by atoms with Crippen LogP contribution in [-0.4, -0.2) is 19.7 Å². The van der Waals surface area contributed by atoms with Crippen molar-refractivity contribution in [2.45, 2.75) is 31.8 Å². The van der Waals surface area contributed by atoms with Gasteiger partial charge >= 0.3 is 0 Å². The first kappa shape index (κ1) is 10.3. The normalized spacial score (nSPS) is 27.0. The molecule has 2 heterocycles. The molecule has 2 aliphatic heterocycles. The predicted molar refractivity (Wildman–Crippen MR) is 64.7 cm³/mol. The summed E-state index contributed by atoms with van der Waals surface area (Å²) in [6.07, 6.45) is 1.15. The van der Waals surface area contributed by atoms with Crippen LogP contribution < -0.4 is 5.32 Å². The summed E-state index contributed by atoms with van der Waals surface area (Å²) in [5.74, 6) is 0.543. The largest absolute Gasteiger partial charge is 0.370 e. The number of nitrogens with one attached hydrogen (secondary N) is 1. The van der Waals surface area contributed by atoms with Crippen molar-refractivity contribution in [3.05, 3.63) is 34.9 Å². The summed E-state index contributed by atoms with van der Waals surface area (Å²) < 4.78 is 6.00. The van der Waals surface area contributed by atoms with Gasteiger partial charge in [0.25, 0.3) is 0 Å². The van der Waals surface area contributed by atoms with Crippen LogP contribution in [0.15, 0.2) is 18.2 Å². The van der Waals surface area contributed by atoms with Gasteiger partial charge in [0.05, 0.1) is 12.2 Å². The van der Waals surface area contributed by atoms with Gasteiger partial charge in [-0.15, -0.1) is 0 Å². The number of hydrogen-bond donors (Lipinski definition) is 1. The molecule has 0 saturated heterocycles. The molecule has 1 aromatic rings. The summed E-state index contributed by atoms with van der Waals surface area (Å²) in [6.45, 7) is 7.35. The molecule has 0 saturated carbocycles. The van der Waals surface area contributed by atoms with E-state index in [1.54, 1.807) is 5.56 Å². The van der Waals surface area contributed by atoms with E-state index in [1.165, 1.54) is 11.1 Å². The molecule has 0 radical (unpaired) electrons. The van der Waals surface area contributed by atoms with Crippen LogP contribution in [0.1, 0.15) is 36.5 Å². The van der Waals surface area contributed by atoms with E-state index in [9.17, 15) is 0 Å². The van der Waals surface area contributed by atoms with Crippen molar-refractivity contribution < 1.29 is 4.74 Å². The van der Waals surface area contributed by atoms with Crippen molar-refractivity contribution in [2.24, 2.45) is 0 Å². The average Bonchev–Trinajstić information content (AvgIpc) is 2.47. The highest BCUT2D eigenvalue weighted by molar-refractivity contribution is 5.43. The van der Waals surface area contributed by atoms with E-state index in [0.29, 0.717) is 5.92 Å². The highest BCUT2D eigenvalue weighted by atomic mass is 16.5. The van der Waals surface area contributed by atoms with Crippen molar-refractivity contribution in [1.29, 1.82) is 0 Å². The minimum Gasteiger partial charge on any atom is -0.370 e. The van der Waals surface area contributed by atoms with Gasteiger partial charge in [0.15, 0.2) is 0 Å². The Hall–Kier alpha value is -0.860. The Kier molecular flexibility index (Phi) is 2.30. The van der Waals surface area contributed by atoms with Gasteiger partial charge in [0.1, 0.15) is 0 Å². The van der Waals surface area contributed by atoms with Crippen LogP contribution in [0.25, 0.3) is 0 Å². The Bertz CT molecular complexity index is 411. The van der Waals surface area contributed by atoms with Crippen molar-refractivity contribution in [3.63, 3.8) is 0 Å². The summed E-state index contributed by atoms with van der Waals surface area (Å²) in [5.41, 5.74) is 4.35. The van der Waals surface area contributed by atoms with E-state index in [-0.39, 0.29) is 5.60 Å². The number of rotatable bonds is 0. The molecule has 0 aromatic heterocycles. The monoisotopic (exact) mass is 217 g/mol. The second-order valence-corrected chi connectivity index (χ2v) is 5.35. The summed E-state index contributed by atoms with van der Waals surface area (Å²) in [4.78, 5) is 0. The highest BCUT2D eigenvalue weighted by Crippen LogP contribution is 2.40. The Morgan fingerprint density at radius 1 is 1.38 bits per heavy atom. The molecule has 86 valence electrons. The average molecular weight is 217 g/mol. The van der Waals surface area contributed by atoms with Crippen LogP contribution in [0, 0.1) is 0 Å². The topological polar surface area (TPSA) is 21.3 Å². The zero-order valence-electron chi connectivity index (χ0n) is 10.0. The molecule has 2 aliphatic rings. The zero-order chi connectivity index (χ0) is 11.2. The third kappa shape index (κ3) is 1.48. The Balaban J connectivity index is 2.19. The minimum atomic E-state index is -0.119. The van der Waals surface area contributed by atoms with Crippen molar-refractivity contribution in [2.75, 3.05) is 19.7 Å². The third-order valence-corrected chi connectivity index (χ3v) is 3.86. The van der Waals surface area contributed by atoms with Gasteiger partial charge < -0.3 is 10.1 Å². The zero-order valence-corrected chi connectivity index (χ0v) is 10.0. The Morgan fingerprint density at radius 2 is 2.25 bits per heavy atom. The number of ether oxygens (including phenoxy) is 1. The molecule has 1 atom stereocenters. The van der Waals surface area contributed by atoms with Crippen LogP contribution >= 0.6 is 0 Å². The van der Waals surface area contributed by atoms with Gasteiger partial charge in [0.2, 0.25) is 0 Å². The van der Waals surface area contributed by atoms with E-state index < -0.39 is 0 Å². The molecule has 2 heteroatoms. The molecule has 0 spiro atoms. The van der Waals surface area contributed by atoms with Crippen LogP contribution in [0.4, 0.5) is 0 Å². The van der Waals surface area contributed by atoms with Gasteiger partial charge in [-0.25, -0.2) is 0 Å². The molecule has 0 bridgehead atoms. The second kappa shape index (κ2) is 3.57. The molecule has 0 amide bonds. The highest BCUT2D eigenvalue weighted by Gasteiger charge is 2.35. The smallest absolute Gasteiger partial charge is 0.0878 e. The summed E-state index contributed by atoms with van der Waals surface area (Å²) in [5, 5.41) is 3.50. The fourth-order valence-electron chi connectivity index (χ4n) is 2.97. The lowest BCUT2D eigenvalue weighted by Crippen LogP contribution is -2.35. The lowest BCUT2D eigenvalue weighted by Gasteiger charge is -2.37. The molecular weight excluding hydrogens is 198 g/mol. The number of benzene rings is 1. The molecule has 1 unspecified atom stereocenters. The maximum absolute atomic E-state index is 6.00. The van der Waals surface area contributed by atoms with E-state index in [2.05, 4.69) is 37.4 Å². The second-order valence-electron chi connectivity index (χ2n) is 5.35. The minimum absolute atomic E-state index is 0.119. The van der Waals surface area contributed by atoms with Crippen LogP contribution in [0.3, 0.4) is 0 Å². The van der Waals surface area contributed by atoms with Gasteiger partial charge in [-0.3, -0.25) is 0 Å². The Labute approximate surface area is 97.0 Å². The van der Waals surface area contributed by atoms with Gasteiger partial charge in [-0.2, -0.15) is 0 Å². The first-order chi connectivity index (χ1) is 7.68. The lowest BCUT2D eigenvalue weighted by atomic mass is 9.81. The summed E-state index contributed by atoms with van der Waals surface area (Å²) in [6, 6.07) is 6.68. The van der Waals surface area contributed by atoms with Gasteiger partial charge in [-0.05, 0) is 43.5 Å². The summed E-state index contributed by atoms with van der Waals surface area (Å²) in [7, 11) is 0. The fourth-order valence-corrected chi connectivity index (χ4v) is 2.97. The first-order valence-corrected chi connectivity index (χ1v) is 6.15. The maximum atomic E-state index is 6.00. The molecular formula is C14H19NO. The van der Waals surface area contributed by atoms with E-state index >= 15 is 0 Å². The SMILES string of the molecule is CC1(C)OCC2CNCCc3cccc1c32. The maximum Gasteiger partial charge on any atom is 0.0878 e. The quantitative estimate of drug-likeness (QED) is 0.719. The standard InChI is InChI=1S/C14H19NO/c1-14(2)12-5-3-4-10-6-7-15-8-11(9-16-14)13(10)12/h3-5,11,15H,6-9H2,1-2H3. The molecule has 3 rings (SSSR count). The van der Waals surface area contributed by atoms with E-state index in [4.69, 9.17) is 4.74 Å². The van der Waals surface area contributed by atoms with Gasteiger partial charge in [-0.1, -0.05) is 18.2 Å². The van der Waals surface area contributed by atoms with Crippen molar-refractivity contribution in [3.8, 4) is 0 Å². The molecule has 1 aromatic carbocycles. The molecule has 1 N–H and O–H groups in total. The van der Waals surface area contributed by atoms with Crippen molar-refractivity contribution >= 4 is 0 Å². The number of hydrogen-bond acceptors (Lipinski definition) is 2. The fraction of sp³-hybridized carbons (Fsp3) is 0.571. The third-order valence-electron chi connectivity index (χ3n) is 3.86. The first-order valence-electron chi connectivity index (χ1n) is 6.15. The lowest BCUT2D eigenvalue weighted by molar-refractivity contribution is -0.0424. The van der Waals surface area contributed by atoms with E-state index in [1.807, 2.05) is 0 Å². The van der Waals surface area contributed by atoms with E-state index in [0.717, 1.165) is 26.1 Å². The van der Waals surface area contributed by atoms with Crippen LogP contribution in [0.2, 0.25) is 0 Å². The molecule has 0 fully saturated rings. The Morgan fingerprint density at radius 3 is 3.12 bits per heavy atom. The molecule has 0 aliphatic carbocycles.